The Bertz CT molecular complexity index is 1800. The molecule has 2 heterocycles. The van der Waals surface area contributed by atoms with Crippen LogP contribution in [0, 0.1) is 5.92 Å². The molecular formula is C39H51N7O6. The summed E-state index contributed by atoms with van der Waals surface area (Å²) in [5, 5.41) is 27.1. The van der Waals surface area contributed by atoms with Crippen LogP contribution in [0.3, 0.4) is 0 Å². The number of nitrogens with one attached hydrogen (secondary N) is 2. The number of amides is 4. The Morgan fingerprint density at radius 2 is 1.63 bits per heavy atom. The number of ketones is 1. The Morgan fingerprint density at radius 1 is 0.962 bits per heavy atom. The number of aromatic nitrogens is 3. The van der Waals surface area contributed by atoms with Crippen LogP contribution in [0.15, 0.2) is 48.7 Å². The SMILES string of the molecule is CC(C)(O)c1cnnn1[C@H]1C[C@@H](C(=O)NC2(C(=O)C(N)=O)CCCCCC2)N(C(=O)C(CC2CCCCC2)NC(=O)c2ccc3ccccc3c2)C1. The lowest BCUT2D eigenvalue weighted by molar-refractivity contribution is -0.145. The van der Waals surface area contributed by atoms with Crippen LogP contribution in [0.2, 0.25) is 0 Å². The molecule has 1 unspecified atom stereocenters. The van der Waals surface area contributed by atoms with Crippen molar-refractivity contribution >= 4 is 40.2 Å². The van der Waals surface area contributed by atoms with Gasteiger partial charge in [0.2, 0.25) is 17.6 Å². The number of hydrogen-bond acceptors (Lipinski definition) is 8. The number of nitrogens with zero attached hydrogens (tertiary/aromatic N) is 4. The summed E-state index contributed by atoms with van der Waals surface area (Å²) in [4.78, 5) is 70.3. The van der Waals surface area contributed by atoms with Gasteiger partial charge < -0.3 is 26.4 Å². The number of benzene rings is 2. The minimum absolute atomic E-state index is 0.0487. The number of carbonyl (C=O) groups excluding carboxylic acids is 5. The summed E-state index contributed by atoms with van der Waals surface area (Å²) in [6, 6.07) is 10.6. The Labute approximate surface area is 304 Å². The lowest BCUT2D eigenvalue weighted by Gasteiger charge is -2.35. The fourth-order valence-electron chi connectivity index (χ4n) is 8.48. The average molecular weight is 714 g/mol. The van der Waals surface area contributed by atoms with Gasteiger partial charge in [0.15, 0.2) is 0 Å². The van der Waals surface area contributed by atoms with E-state index in [0.29, 0.717) is 30.5 Å². The predicted molar refractivity (Wildman–Crippen MR) is 194 cm³/mol. The van der Waals surface area contributed by atoms with Gasteiger partial charge >= 0.3 is 0 Å². The van der Waals surface area contributed by atoms with Crippen LogP contribution < -0.4 is 16.4 Å². The first-order valence-electron chi connectivity index (χ1n) is 18.8. The van der Waals surface area contributed by atoms with Gasteiger partial charge in [0.05, 0.1) is 17.9 Å². The van der Waals surface area contributed by atoms with E-state index >= 15 is 0 Å². The molecule has 1 saturated heterocycles. The minimum atomic E-state index is -1.47. The second-order valence-electron chi connectivity index (χ2n) is 15.5. The molecule has 4 amide bonds. The lowest BCUT2D eigenvalue weighted by Crippen LogP contribution is -2.62. The number of likely N-dealkylation sites (tertiary alicyclic amines) is 1. The van der Waals surface area contributed by atoms with Crippen LogP contribution in [0.25, 0.3) is 10.8 Å². The molecule has 3 aliphatic rings. The molecule has 3 fully saturated rings. The molecule has 2 aliphatic carbocycles. The molecule has 1 aliphatic heterocycles. The van der Waals surface area contributed by atoms with Crippen LogP contribution in [0.4, 0.5) is 0 Å². The molecule has 0 radical (unpaired) electrons. The molecule has 13 nitrogen and oxygen atoms in total. The van der Waals surface area contributed by atoms with Gasteiger partial charge in [-0.2, -0.15) is 0 Å². The summed E-state index contributed by atoms with van der Waals surface area (Å²) in [5.41, 5.74) is 3.58. The number of hydrogen-bond donors (Lipinski definition) is 4. The third kappa shape index (κ3) is 8.04. The van der Waals surface area contributed by atoms with E-state index in [1.54, 1.807) is 30.7 Å². The summed E-state index contributed by atoms with van der Waals surface area (Å²) >= 11 is 0. The van der Waals surface area contributed by atoms with Gasteiger partial charge in [-0.25, -0.2) is 4.68 Å². The van der Waals surface area contributed by atoms with E-state index in [0.717, 1.165) is 55.7 Å². The highest BCUT2D eigenvalue weighted by molar-refractivity contribution is 6.39. The number of fused-ring (bicyclic) bond motifs is 1. The summed E-state index contributed by atoms with van der Waals surface area (Å²) < 4.78 is 1.55. The van der Waals surface area contributed by atoms with Gasteiger partial charge in [0.25, 0.3) is 11.8 Å². The first kappa shape index (κ1) is 37.1. The molecule has 2 saturated carbocycles. The maximum atomic E-state index is 14.9. The van der Waals surface area contributed by atoms with E-state index in [2.05, 4.69) is 20.9 Å². The number of rotatable bonds is 11. The Hall–Kier alpha value is -4.65. The summed E-state index contributed by atoms with van der Waals surface area (Å²) in [6.45, 7) is 3.27. The van der Waals surface area contributed by atoms with E-state index in [1.807, 2.05) is 30.3 Å². The van der Waals surface area contributed by atoms with Crippen molar-refractivity contribution in [3.8, 4) is 0 Å². The molecule has 5 N–H and O–H groups in total. The van der Waals surface area contributed by atoms with E-state index in [4.69, 9.17) is 5.73 Å². The normalized spacial score (nSPS) is 21.6. The molecule has 52 heavy (non-hydrogen) atoms. The molecule has 1 aromatic heterocycles. The van der Waals surface area contributed by atoms with E-state index in [-0.39, 0.29) is 37.6 Å². The van der Waals surface area contributed by atoms with Gasteiger partial charge in [0.1, 0.15) is 23.2 Å². The number of nitrogens with two attached hydrogens (primary N) is 1. The fraction of sp³-hybridized carbons (Fsp3) is 0.564. The third-order valence-corrected chi connectivity index (χ3v) is 11.3. The van der Waals surface area contributed by atoms with Crippen molar-refractivity contribution in [2.75, 3.05) is 6.54 Å². The Morgan fingerprint density at radius 3 is 2.31 bits per heavy atom. The molecule has 6 rings (SSSR count). The Balaban J connectivity index is 1.34. The van der Waals surface area contributed by atoms with E-state index in [1.165, 1.54) is 11.1 Å². The van der Waals surface area contributed by atoms with Crippen LogP contribution >= 0.6 is 0 Å². The van der Waals surface area contributed by atoms with Gasteiger partial charge in [-0.3, -0.25) is 24.0 Å². The van der Waals surface area contributed by atoms with Crippen LogP contribution in [0.5, 0.6) is 0 Å². The third-order valence-electron chi connectivity index (χ3n) is 11.3. The molecule has 3 atom stereocenters. The maximum absolute atomic E-state index is 14.9. The molecule has 278 valence electrons. The highest BCUT2D eigenvalue weighted by Gasteiger charge is 2.49. The van der Waals surface area contributed by atoms with Crippen LogP contribution in [0.1, 0.15) is 119 Å². The minimum Gasteiger partial charge on any atom is -0.384 e. The first-order valence-corrected chi connectivity index (χ1v) is 18.8. The summed E-state index contributed by atoms with van der Waals surface area (Å²) in [7, 11) is 0. The van der Waals surface area contributed by atoms with Crippen molar-refractivity contribution in [2.45, 2.75) is 127 Å². The van der Waals surface area contributed by atoms with Gasteiger partial charge in [0, 0.05) is 18.5 Å². The van der Waals surface area contributed by atoms with Crippen molar-refractivity contribution in [1.29, 1.82) is 0 Å². The number of aliphatic hydroxyl groups is 1. The number of carbonyl (C=O) groups is 5. The zero-order valence-corrected chi connectivity index (χ0v) is 30.2. The largest absolute Gasteiger partial charge is 0.384 e. The Kier molecular flexibility index (Phi) is 11.1. The molecule has 0 spiro atoms. The fourth-order valence-corrected chi connectivity index (χ4v) is 8.48. The average Bonchev–Trinajstić information content (AvgIpc) is 3.75. The molecule has 0 bridgehead atoms. The van der Waals surface area contributed by atoms with Crippen LogP contribution in [-0.2, 0) is 24.8 Å². The number of Topliss-reactive ketones (excluding diaryl/α,β-unsaturated/α-hetero) is 1. The van der Waals surface area contributed by atoms with E-state index < -0.39 is 52.8 Å². The van der Waals surface area contributed by atoms with Crippen molar-refractivity contribution in [3.05, 3.63) is 59.9 Å². The smallest absolute Gasteiger partial charge is 0.287 e. The van der Waals surface area contributed by atoms with Crippen molar-refractivity contribution < 1.29 is 29.1 Å². The first-order chi connectivity index (χ1) is 24.9. The van der Waals surface area contributed by atoms with E-state index in [9.17, 15) is 29.1 Å². The monoisotopic (exact) mass is 713 g/mol. The second-order valence-corrected chi connectivity index (χ2v) is 15.5. The molecule has 3 aromatic rings. The maximum Gasteiger partial charge on any atom is 0.287 e. The zero-order valence-electron chi connectivity index (χ0n) is 30.2. The molecule has 2 aromatic carbocycles. The number of primary amides is 1. The van der Waals surface area contributed by atoms with Crippen molar-refractivity contribution in [1.82, 2.24) is 30.5 Å². The van der Waals surface area contributed by atoms with Gasteiger partial charge in [-0.15, -0.1) is 5.10 Å². The lowest BCUT2D eigenvalue weighted by atomic mass is 9.84. The second kappa shape index (κ2) is 15.5. The summed E-state index contributed by atoms with van der Waals surface area (Å²) in [5.74, 6) is -3.11. The van der Waals surface area contributed by atoms with Gasteiger partial charge in [-0.05, 0) is 61.9 Å². The predicted octanol–water partition coefficient (Wildman–Crippen LogP) is 3.83. The zero-order chi connectivity index (χ0) is 37.0. The highest BCUT2D eigenvalue weighted by atomic mass is 16.3. The quantitative estimate of drug-likeness (QED) is 0.170. The molecule has 13 heteroatoms. The standard InChI is InChI=1S/C39H51N7O6/c1-38(2,52)32-23-41-44-46(32)29-22-31(36(50)43-39(33(47)34(40)48)18-10-3-4-11-19-39)45(24-29)37(51)30(20-25-12-6-5-7-13-25)42-35(49)28-17-16-26-14-8-9-15-27(26)21-28/h8-9,14-17,21,23,25,29-31,52H,3-7,10-13,18-20,22,24H2,1-2H3,(H2,40,48)(H,42,49)(H,43,50)/t29-,30?,31-/m0/s1. The molecular weight excluding hydrogens is 662 g/mol. The highest BCUT2D eigenvalue weighted by Crippen LogP contribution is 2.35. The van der Waals surface area contributed by atoms with Crippen molar-refractivity contribution in [2.24, 2.45) is 11.7 Å². The summed E-state index contributed by atoms with van der Waals surface area (Å²) in [6.07, 6.45) is 10.6. The van der Waals surface area contributed by atoms with Crippen molar-refractivity contribution in [3.63, 3.8) is 0 Å². The van der Waals surface area contributed by atoms with Crippen LogP contribution in [-0.4, -0.2) is 78.6 Å². The van der Waals surface area contributed by atoms with Gasteiger partial charge in [-0.1, -0.05) is 93.3 Å². The topological polar surface area (TPSA) is 190 Å².